The Bertz CT molecular complexity index is 935. The summed E-state index contributed by atoms with van der Waals surface area (Å²) in [6, 6.07) is 13.7. The third-order valence-corrected chi connectivity index (χ3v) is 4.62. The first kappa shape index (κ1) is 29.0. The van der Waals surface area contributed by atoms with Crippen molar-refractivity contribution in [2.45, 2.75) is 51.5 Å². The lowest BCUT2D eigenvalue weighted by atomic mass is 10.0. The van der Waals surface area contributed by atoms with E-state index in [1.807, 2.05) is 24.3 Å². The summed E-state index contributed by atoms with van der Waals surface area (Å²) in [5.41, 5.74) is 1.61. The van der Waals surface area contributed by atoms with Crippen LogP contribution in [0.5, 0.6) is 5.75 Å². The van der Waals surface area contributed by atoms with Crippen molar-refractivity contribution in [1.29, 1.82) is 0 Å². The van der Waals surface area contributed by atoms with Crippen molar-refractivity contribution < 1.29 is 29.3 Å². The molecule has 0 heterocycles. The molecule has 0 aliphatic heterocycles. The minimum absolute atomic E-state index is 0. The Morgan fingerprint density at radius 2 is 1.74 bits per heavy atom. The highest BCUT2D eigenvalue weighted by Gasteiger charge is 2.22. The normalized spacial score (nSPS) is 12.6. The lowest BCUT2D eigenvalue weighted by Gasteiger charge is -2.24. The van der Waals surface area contributed by atoms with Crippen LogP contribution in [0, 0.1) is 0 Å². The van der Waals surface area contributed by atoms with Crippen LogP contribution in [0.4, 0.5) is 15.3 Å². The maximum Gasteiger partial charge on any atom is 0.412 e. The van der Waals surface area contributed by atoms with E-state index in [4.69, 9.17) is 9.47 Å². The molecule has 2 amide bonds. The van der Waals surface area contributed by atoms with Crippen LogP contribution in [0.15, 0.2) is 48.5 Å². The van der Waals surface area contributed by atoms with Crippen molar-refractivity contribution in [2.75, 3.05) is 19.0 Å². The number of methoxy groups -OCH3 is 1. The van der Waals surface area contributed by atoms with E-state index in [0.29, 0.717) is 12.2 Å². The van der Waals surface area contributed by atoms with Gasteiger partial charge in [-0.15, -0.1) is 12.4 Å². The smallest absolute Gasteiger partial charge is 0.412 e. The number of carboxylic acid groups (broad SMARTS) is 1. The highest BCUT2D eigenvalue weighted by molar-refractivity contribution is 5.85. The summed E-state index contributed by atoms with van der Waals surface area (Å²) < 4.78 is 10.5. The fourth-order valence-corrected chi connectivity index (χ4v) is 3.18. The molecule has 0 aromatic heterocycles. The topological polar surface area (TPSA) is 129 Å². The van der Waals surface area contributed by atoms with Crippen LogP contribution in [0.25, 0.3) is 0 Å². The minimum Gasteiger partial charge on any atom is -0.497 e. The second-order valence-electron chi connectivity index (χ2n) is 8.64. The number of ether oxygens (including phenoxy) is 2. The molecule has 0 radical (unpaired) electrons. The van der Waals surface area contributed by atoms with E-state index in [2.05, 4.69) is 16.0 Å². The molecular weight excluding hydrogens is 462 g/mol. The van der Waals surface area contributed by atoms with Crippen LogP contribution in [-0.2, 0) is 17.7 Å². The van der Waals surface area contributed by atoms with Gasteiger partial charge in [0, 0.05) is 18.8 Å². The number of carbonyl (C=O) groups excluding carboxylic acids is 1. The number of hydrogen-bond acceptors (Lipinski definition) is 6. The molecular formula is C24H34ClN3O6. The predicted molar refractivity (Wildman–Crippen MR) is 133 cm³/mol. The lowest BCUT2D eigenvalue weighted by Crippen LogP contribution is -2.48. The Morgan fingerprint density at radius 3 is 2.38 bits per heavy atom. The fourth-order valence-electron chi connectivity index (χ4n) is 3.18. The second-order valence-corrected chi connectivity index (χ2v) is 8.64. The van der Waals surface area contributed by atoms with E-state index in [1.165, 1.54) is 0 Å². The van der Waals surface area contributed by atoms with E-state index in [-0.39, 0.29) is 25.4 Å². The fraction of sp³-hybridized carbons (Fsp3) is 0.417. The zero-order valence-electron chi connectivity index (χ0n) is 19.8. The number of halogens is 1. The average molecular weight is 496 g/mol. The maximum atomic E-state index is 12.0. The highest BCUT2D eigenvalue weighted by atomic mass is 35.5. The van der Waals surface area contributed by atoms with Gasteiger partial charge in [-0.05, 0) is 62.6 Å². The molecule has 5 N–H and O–H groups in total. The lowest BCUT2D eigenvalue weighted by molar-refractivity contribution is 0.0636. The molecule has 2 aromatic carbocycles. The number of aliphatic hydroxyl groups excluding tert-OH is 1. The van der Waals surface area contributed by atoms with Gasteiger partial charge in [0.05, 0.1) is 19.3 Å². The number of hydrogen-bond donors (Lipinski definition) is 5. The minimum atomic E-state index is -1.23. The van der Waals surface area contributed by atoms with Gasteiger partial charge in [-0.25, -0.2) is 9.59 Å². The Morgan fingerprint density at radius 1 is 1.06 bits per heavy atom. The van der Waals surface area contributed by atoms with Crippen molar-refractivity contribution >= 4 is 30.3 Å². The summed E-state index contributed by atoms with van der Waals surface area (Å²) in [5.74, 6) is 0.736. The first-order valence-electron chi connectivity index (χ1n) is 10.7. The van der Waals surface area contributed by atoms with Gasteiger partial charge < -0.3 is 30.3 Å². The third-order valence-electron chi connectivity index (χ3n) is 4.62. The van der Waals surface area contributed by atoms with Crippen LogP contribution in [0.3, 0.4) is 0 Å². The van der Waals surface area contributed by atoms with Crippen LogP contribution in [-0.4, -0.2) is 53.8 Å². The van der Waals surface area contributed by atoms with Crippen molar-refractivity contribution in [2.24, 2.45) is 0 Å². The molecule has 10 heteroatoms. The van der Waals surface area contributed by atoms with Gasteiger partial charge in [0.25, 0.3) is 0 Å². The van der Waals surface area contributed by atoms with E-state index < -0.39 is 29.9 Å². The monoisotopic (exact) mass is 495 g/mol. The molecule has 0 bridgehead atoms. The molecule has 2 atom stereocenters. The Balaban J connectivity index is 0.00000578. The summed E-state index contributed by atoms with van der Waals surface area (Å²) >= 11 is 0. The molecule has 2 aromatic rings. The van der Waals surface area contributed by atoms with E-state index in [1.54, 1.807) is 52.1 Å². The molecule has 9 nitrogen and oxygen atoms in total. The van der Waals surface area contributed by atoms with Gasteiger partial charge in [-0.1, -0.05) is 24.3 Å². The standard InChI is InChI=1S/C24H33N3O6.ClH/c1-24(2,3)33-23(31)26-18-9-5-7-16(11-18)13-20(27-22(29)30)21(28)15-25-14-17-8-6-10-19(12-17)32-4;/h5-12,20-21,25,27-28H,13-15H2,1-4H3,(H,26,31)(H,29,30);1H/t20-,21-;/m0./s1. The molecule has 0 saturated carbocycles. The van der Waals surface area contributed by atoms with Crippen molar-refractivity contribution in [3.05, 3.63) is 59.7 Å². The summed E-state index contributed by atoms with van der Waals surface area (Å²) in [5, 5.41) is 28.0. The van der Waals surface area contributed by atoms with Crippen LogP contribution in [0.1, 0.15) is 31.9 Å². The van der Waals surface area contributed by atoms with Crippen molar-refractivity contribution in [3.63, 3.8) is 0 Å². The van der Waals surface area contributed by atoms with Gasteiger partial charge >= 0.3 is 12.2 Å². The van der Waals surface area contributed by atoms with E-state index in [0.717, 1.165) is 16.9 Å². The molecule has 0 spiro atoms. The summed E-state index contributed by atoms with van der Waals surface area (Å²) in [4.78, 5) is 23.3. The summed E-state index contributed by atoms with van der Waals surface area (Å²) in [6.07, 6.45) is -2.55. The Kier molecular flexibility index (Phi) is 11.6. The molecule has 0 fully saturated rings. The molecule has 0 unspecified atom stereocenters. The predicted octanol–water partition coefficient (Wildman–Crippen LogP) is 3.79. The molecule has 34 heavy (non-hydrogen) atoms. The largest absolute Gasteiger partial charge is 0.497 e. The van der Waals surface area contributed by atoms with Gasteiger partial charge in [-0.2, -0.15) is 0 Å². The molecule has 188 valence electrons. The van der Waals surface area contributed by atoms with Gasteiger partial charge in [-0.3, -0.25) is 5.32 Å². The molecule has 0 aliphatic carbocycles. The Labute approximate surface area is 206 Å². The number of carbonyl (C=O) groups is 2. The zero-order chi connectivity index (χ0) is 24.4. The SMILES string of the molecule is COc1cccc(CNC[C@H](O)[C@H](Cc2cccc(NC(=O)OC(C)(C)C)c2)NC(=O)O)c1.Cl. The average Bonchev–Trinajstić information content (AvgIpc) is 2.72. The molecule has 2 rings (SSSR count). The summed E-state index contributed by atoms with van der Waals surface area (Å²) in [7, 11) is 1.59. The van der Waals surface area contributed by atoms with Gasteiger partial charge in [0.2, 0.25) is 0 Å². The van der Waals surface area contributed by atoms with Crippen molar-refractivity contribution in [3.8, 4) is 5.75 Å². The number of benzene rings is 2. The van der Waals surface area contributed by atoms with Crippen LogP contribution >= 0.6 is 12.4 Å². The number of nitrogens with one attached hydrogen (secondary N) is 3. The quantitative estimate of drug-likeness (QED) is 0.339. The maximum absolute atomic E-state index is 12.0. The van der Waals surface area contributed by atoms with Gasteiger partial charge in [0.15, 0.2) is 0 Å². The molecule has 0 aliphatic rings. The first-order chi connectivity index (χ1) is 15.6. The van der Waals surface area contributed by atoms with E-state index in [9.17, 15) is 19.8 Å². The van der Waals surface area contributed by atoms with E-state index >= 15 is 0 Å². The number of anilines is 1. The number of aliphatic hydroxyl groups is 1. The zero-order valence-corrected chi connectivity index (χ0v) is 20.6. The van der Waals surface area contributed by atoms with Gasteiger partial charge in [0.1, 0.15) is 11.4 Å². The highest BCUT2D eigenvalue weighted by Crippen LogP contribution is 2.16. The number of rotatable bonds is 10. The van der Waals surface area contributed by atoms with Crippen molar-refractivity contribution in [1.82, 2.24) is 10.6 Å². The number of amides is 2. The second kappa shape index (κ2) is 13.6. The Hall–Kier alpha value is -3.01. The van der Waals surface area contributed by atoms with Crippen LogP contribution in [0.2, 0.25) is 0 Å². The summed E-state index contributed by atoms with van der Waals surface area (Å²) in [6.45, 7) is 5.99. The third kappa shape index (κ3) is 10.7. The molecule has 0 saturated heterocycles. The van der Waals surface area contributed by atoms with Crippen LogP contribution < -0.4 is 20.7 Å². The first-order valence-corrected chi connectivity index (χ1v) is 10.7.